The minimum absolute atomic E-state index is 0.204. The van der Waals surface area contributed by atoms with Gasteiger partial charge in [0, 0.05) is 10.4 Å². The first-order chi connectivity index (χ1) is 15.9. The summed E-state index contributed by atoms with van der Waals surface area (Å²) in [6.45, 7) is 3.69. The summed E-state index contributed by atoms with van der Waals surface area (Å²) < 4.78 is 19.4. The molecule has 0 aliphatic carbocycles. The number of ether oxygens (including phenoxy) is 3. The van der Waals surface area contributed by atoms with Gasteiger partial charge in [-0.2, -0.15) is 0 Å². The summed E-state index contributed by atoms with van der Waals surface area (Å²) in [6.07, 6.45) is 1.84. The number of aromatic nitrogens is 1. The van der Waals surface area contributed by atoms with E-state index in [1.807, 2.05) is 18.2 Å². The molecule has 0 amide bonds. The smallest absolute Gasteiger partial charge is 0.338 e. The van der Waals surface area contributed by atoms with E-state index < -0.39 is 12.0 Å². The number of methoxy groups -OCH3 is 2. The maximum atomic E-state index is 13.6. The summed E-state index contributed by atoms with van der Waals surface area (Å²) in [5.74, 6) is 0.577. The third kappa shape index (κ3) is 4.42. The van der Waals surface area contributed by atoms with Gasteiger partial charge in [-0.25, -0.2) is 9.79 Å². The highest BCUT2D eigenvalue weighted by Gasteiger charge is 2.35. The number of esters is 1. The molecule has 1 aromatic carbocycles. The van der Waals surface area contributed by atoms with E-state index in [9.17, 15) is 9.59 Å². The van der Waals surface area contributed by atoms with Crippen LogP contribution in [0.25, 0.3) is 6.08 Å². The van der Waals surface area contributed by atoms with Crippen molar-refractivity contribution in [2.75, 3.05) is 20.8 Å². The Kier molecular flexibility index (Phi) is 6.87. The lowest BCUT2D eigenvalue weighted by Gasteiger charge is -2.26. The lowest BCUT2D eigenvalue weighted by atomic mass is 9.95. The molecular formula is C23H21BrN2O5S2. The molecule has 1 unspecified atom stereocenters. The van der Waals surface area contributed by atoms with Crippen molar-refractivity contribution < 1.29 is 19.0 Å². The van der Waals surface area contributed by atoms with Crippen LogP contribution in [0.2, 0.25) is 0 Å². The molecule has 1 aliphatic heterocycles. The molecule has 0 radical (unpaired) electrons. The highest BCUT2D eigenvalue weighted by Crippen LogP contribution is 2.37. The molecule has 172 valence electrons. The number of carbonyl (C=O) groups is 1. The number of thiazole rings is 1. The fourth-order valence-corrected chi connectivity index (χ4v) is 6.15. The van der Waals surface area contributed by atoms with Crippen molar-refractivity contribution in [1.82, 2.24) is 4.57 Å². The van der Waals surface area contributed by atoms with Gasteiger partial charge >= 0.3 is 5.97 Å². The van der Waals surface area contributed by atoms with E-state index >= 15 is 0 Å². The minimum Gasteiger partial charge on any atom is -0.497 e. The number of thiophene rings is 1. The van der Waals surface area contributed by atoms with E-state index in [0.29, 0.717) is 37.7 Å². The molecule has 0 fully saturated rings. The maximum absolute atomic E-state index is 13.6. The Bertz CT molecular complexity index is 1430. The van der Waals surface area contributed by atoms with E-state index in [1.165, 1.54) is 27.2 Å². The summed E-state index contributed by atoms with van der Waals surface area (Å²) in [5.41, 5.74) is 1.16. The van der Waals surface area contributed by atoms with Crippen LogP contribution in [0.1, 0.15) is 30.3 Å². The molecule has 0 saturated carbocycles. The quantitative estimate of drug-likeness (QED) is 0.439. The zero-order chi connectivity index (χ0) is 23.7. The molecular weight excluding hydrogens is 528 g/mol. The largest absolute Gasteiger partial charge is 0.497 e. The molecule has 3 heterocycles. The molecule has 2 aromatic heterocycles. The average molecular weight is 549 g/mol. The number of halogens is 1. The molecule has 1 atom stereocenters. The number of nitrogens with zero attached hydrogens (tertiary/aromatic N) is 2. The molecule has 1 aliphatic rings. The molecule has 4 rings (SSSR count). The van der Waals surface area contributed by atoms with Gasteiger partial charge in [0.05, 0.1) is 40.4 Å². The molecule has 3 aromatic rings. The number of allylic oxidation sites excluding steroid dienone is 1. The predicted octanol–water partition coefficient (Wildman–Crippen LogP) is 3.64. The molecule has 0 bridgehead atoms. The molecule has 10 heteroatoms. The highest BCUT2D eigenvalue weighted by atomic mass is 79.9. The first-order valence-electron chi connectivity index (χ1n) is 10.0. The monoisotopic (exact) mass is 548 g/mol. The van der Waals surface area contributed by atoms with E-state index in [1.54, 1.807) is 46.3 Å². The fraction of sp³-hybridized carbons (Fsp3) is 0.261. The Morgan fingerprint density at radius 1 is 1.21 bits per heavy atom. The van der Waals surface area contributed by atoms with Gasteiger partial charge in [-0.15, -0.1) is 11.3 Å². The van der Waals surface area contributed by atoms with Gasteiger partial charge in [-0.1, -0.05) is 11.3 Å². The summed E-state index contributed by atoms with van der Waals surface area (Å²) in [6, 6.07) is 8.38. The van der Waals surface area contributed by atoms with Crippen molar-refractivity contribution in [3.63, 3.8) is 0 Å². The van der Waals surface area contributed by atoms with Gasteiger partial charge in [0.1, 0.15) is 17.5 Å². The van der Waals surface area contributed by atoms with E-state index in [0.717, 1.165) is 8.66 Å². The van der Waals surface area contributed by atoms with Crippen LogP contribution in [-0.2, 0) is 9.53 Å². The van der Waals surface area contributed by atoms with Crippen LogP contribution in [0.15, 0.2) is 55.2 Å². The van der Waals surface area contributed by atoms with E-state index in [2.05, 4.69) is 20.9 Å². The van der Waals surface area contributed by atoms with Gasteiger partial charge in [0.15, 0.2) is 4.80 Å². The van der Waals surface area contributed by atoms with Crippen LogP contribution in [-0.4, -0.2) is 31.4 Å². The number of hydrogen-bond donors (Lipinski definition) is 0. The molecule has 0 saturated heterocycles. The Balaban J connectivity index is 2.02. The SMILES string of the molecule is CCOC(=O)C1=C(C)N=c2s/c(=C/c3ccc(Br)s3)c(=O)n2C1c1cc(OC)ccc1OC. The predicted molar refractivity (Wildman–Crippen MR) is 132 cm³/mol. The van der Waals surface area contributed by atoms with Gasteiger partial charge in [-0.05, 0) is 66.2 Å². The molecule has 33 heavy (non-hydrogen) atoms. The van der Waals surface area contributed by atoms with Crippen molar-refractivity contribution in [3.05, 3.63) is 75.5 Å². The number of fused-ring (bicyclic) bond motifs is 1. The van der Waals surface area contributed by atoms with Gasteiger partial charge in [0.25, 0.3) is 5.56 Å². The first-order valence-corrected chi connectivity index (χ1v) is 12.5. The van der Waals surface area contributed by atoms with Gasteiger partial charge in [0.2, 0.25) is 0 Å². The Labute approximate surface area is 206 Å². The van der Waals surface area contributed by atoms with Crippen LogP contribution in [0.3, 0.4) is 0 Å². The Morgan fingerprint density at radius 3 is 2.64 bits per heavy atom. The molecule has 0 spiro atoms. The zero-order valence-corrected chi connectivity index (χ0v) is 21.6. The van der Waals surface area contributed by atoms with Gasteiger partial charge in [-0.3, -0.25) is 9.36 Å². The molecule has 0 N–H and O–H groups in total. The topological polar surface area (TPSA) is 79.1 Å². The number of rotatable bonds is 6. The second-order valence-corrected chi connectivity index (χ2v) is 10.6. The third-order valence-corrected chi connectivity index (χ3v) is 7.67. The summed E-state index contributed by atoms with van der Waals surface area (Å²) in [4.78, 5) is 32.7. The third-order valence-electron chi connectivity index (χ3n) is 5.12. The highest BCUT2D eigenvalue weighted by molar-refractivity contribution is 9.11. The van der Waals surface area contributed by atoms with Crippen LogP contribution in [0, 0.1) is 0 Å². The Morgan fingerprint density at radius 2 is 2.00 bits per heavy atom. The maximum Gasteiger partial charge on any atom is 0.338 e. The fourth-order valence-electron chi connectivity index (χ4n) is 3.67. The van der Waals surface area contributed by atoms with Crippen LogP contribution in [0.5, 0.6) is 11.5 Å². The van der Waals surface area contributed by atoms with Crippen molar-refractivity contribution in [1.29, 1.82) is 0 Å². The minimum atomic E-state index is -0.775. The van der Waals surface area contributed by atoms with Crippen molar-refractivity contribution >= 4 is 50.6 Å². The summed E-state index contributed by atoms with van der Waals surface area (Å²) in [5, 5.41) is 0. The van der Waals surface area contributed by atoms with Crippen LogP contribution >= 0.6 is 38.6 Å². The second kappa shape index (κ2) is 9.66. The van der Waals surface area contributed by atoms with E-state index in [-0.39, 0.29) is 12.2 Å². The zero-order valence-electron chi connectivity index (χ0n) is 18.4. The Hall–Kier alpha value is -2.69. The second-order valence-electron chi connectivity index (χ2n) is 7.05. The number of carbonyl (C=O) groups excluding carboxylic acids is 1. The molecule has 7 nitrogen and oxygen atoms in total. The van der Waals surface area contributed by atoms with E-state index in [4.69, 9.17) is 14.2 Å². The normalized spacial score (nSPS) is 15.8. The van der Waals surface area contributed by atoms with Crippen LogP contribution in [0.4, 0.5) is 0 Å². The summed E-state index contributed by atoms with van der Waals surface area (Å²) >= 11 is 6.26. The van der Waals surface area contributed by atoms with Crippen molar-refractivity contribution in [2.45, 2.75) is 19.9 Å². The number of hydrogen-bond acceptors (Lipinski definition) is 8. The van der Waals surface area contributed by atoms with Crippen molar-refractivity contribution in [2.24, 2.45) is 4.99 Å². The standard InChI is InChI=1S/C23H21BrN2O5S2/c1-5-31-22(28)19-12(2)25-23-26(20(19)15-10-13(29-3)6-8-16(15)30-4)21(27)17(33-23)11-14-7-9-18(24)32-14/h6-11,20H,5H2,1-4H3/b17-11+. The summed E-state index contributed by atoms with van der Waals surface area (Å²) in [7, 11) is 3.10. The first kappa shape index (κ1) is 23.5. The lowest BCUT2D eigenvalue weighted by Crippen LogP contribution is -2.40. The van der Waals surface area contributed by atoms with Crippen molar-refractivity contribution in [3.8, 4) is 11.5 Å². The van der Waals surface area contributed by atoms with Crippen LogP contribution < -0.4 is 24.4 Å². The lowest BCUT2D eigenvalue weighted by molar-refractivity contribution is -0.139. The average Bonchev–Trinajstić information content (AvgIpc) is 3.34. The van der Waals surface area contributed by atoms with Gasteiger partial charge < -0.3 is 14.2 Å². The number of benzene rings is 1.